The number of amides is 2. The maximum atomic E-state index is 12.1. The van der Waals surface area contributed by atoms with E-state index in [9.17, 15) is 19.5 Å². The smallest absolute Gasteiger partial charge is 0.326 e. The summed E-state index contributed by atoms with van der Waals surface area (Å²) in [6.45, 7) is 7.48. The Kier molecular flexibility index (Phi) is 6.36. The Morgan fingerprint density at radius 3 is 2.39 bits per heavy atom. The molecule has 2 amide bonds. The molecule has 1 rings (SSSR count). The van der Waals surface area contributed by atoms with Crippen LogP contribution in [0.25, 0.3) is 0 Å². The lowest BCUT2D eigenvalue weighted by molar-refractivity contribution is -0.142. The normalized spacial score (nSPS) is 13.9. The molecular formula is C16H24N2O5. The summed E-state index contributed by atoms with van der Waals surface area (Å²) in [7, 11) is 0. The summed E-state index contributed by atoms with van der Waals surface area (Å²) < 4.78 is 4.93. The molecule has 0 fully saturated rings. The second-order valence-electron chi connectivity index (χ2n) is 6.67. The molecule has 0 spiro atoms. The average Bonchev–Trinajstić information content (AvgIpc) is 2.95. The number of carbonyl (C=O) groups excluding carboxylic acids is 2. The molecule has 0 bridgehead atoms. The molecule has 0 saturated carbocycles. The summed E-state index contributed by atoms with van der Waals surface area (Å²) in [5, 5.41) is 14.1. The molecule has 1 aromatic rings. The van der Waals surface area contributed by atoms with E-state index in [1.54, 1.807) is 6.07 Å². The molecule has 7 heteroatoms. The molecule has 0 saturated heterocycles. The number of rotatable bonds is 7. The Morgan fingerprint density at radius 1 is 1.26 bits per heavy atom. The van der Waals surface area contributed by atoms with Crippen LogP contribution in [0.3, 0.4) is 0 Å². The lowest BCUT2D eigenvalue weighted by atomic mass is 9.88. The van der Waals surface area contributed by atoms with E-state index in [1.165, 1.54) is 19.3 Å². The number of carbonyl (C=O) groups is 3. The van der Waals surface area contributed by atoms with Crippen LogP contribution in [0.2, 0.25) is 0 Å². The molecule has 1 heterocycles. The Morgan fingerprint density at radius 2 is 1.91 bits per heavy atom. The van der Waals surface area contributed by atoms with Gasteiger partial charge < -0.3 is 20.2 Å². The Labute approximate surface area is 135 Å². The Bertz CT molecular complexity index is 545. The highest BCUT2D eigenvalue weighted by atomic mass is 16.4. The van der Waals surface area contributed by atoms with Crippen molar-refractivity contribution in [3.8, 4) is 0 Å². The SMILES string of the molecule is CC(NC(=O)c1ccco1)C(=O)NC(CCC(C)(C)C)C(=O)O. The number of hydrogen-bond acceptors (Lipinski definition) is 4. The molecule has 3 N–H and O–H groups in total. The summed E-state index contributed by atoms with van der Waals surface area (Å²) in [6, 6.07) is 1.18. The monoisotopic (exact) mass is 324 g/mol. The molecule has 128 valence electrons. The van der Waals surface area contributed by atoms with Crippen molar-refractivity contribution in [3.05, 3.63) is 24.2 Å². The van der Waals surface area contributed by atoms with Crippen LogP contribution >= 0.6 is 0 Å². The predicted molar refractivity (Wildman–Crippen MR) is 83.9 cm³/mol. The van der Waals surface area contributed by atoms with Crippen molar-refractivity contribution in [2.75, 3.05) is 0 Å². The molecule has 0 aromatic carbocycles. The number of nitrogens with one attached hydrogen (secondary N) is 2. The van der Waals surface area contributed by atoms with E-state index in [4.69, 9.17) is 4.42 Å². The van der Waals surface area contributed by atoms with Crippen molar-refractivity contribution in [3.63, 3.8) is 0 Å². The van der Waals surface area contributed by atoms with Crippen LogP contribution in [0.1, 0.15) is 51.1 Å². The summed E-state index contributed by atoms with van der Waals surface area (Å²) >= 11 is 0. The molecular weight excluding hydrogens is 300 g/mol. The van der Waals surface area contributed by atoms with Crippen LogP contribution in [0.15, 0.2) is 22.8 Å². The molecule has 2 atom stereocenters. The van der Waals surface area contributed by atoms with Crippen LogP contribution in [0, 0.1) is 5.41 Å². The quantitative estimate of drug-likeness (QED) is 0.708. The predicted octanol–water partition coefficient (Wildman–Crippen LogP) is 1.79. The molecule has 0 aliphatic heterocycles. The van der Waals surface area contributed by atoms with Crippen LogP contribution in [0.5, 0.6) is 0 Å². The molecule has 0 radical (unpaired) electrons. The molecule has 0 aliphatic rings. The molecule has 7 nitrogen and oxygen atoms in total. The largest absolute Gasteiger partial charge is 0.480 e. The second kappa shape index (κ2) is 7.80. The van der Waals surface area contributed by atoms with E-state index >= 15 is 0 Å². The second-order valence-corrected chi connectivity index (χ2v) is 6.67. The standard InChI is InChI=1S/C16H24N2O5/c1-10(17-14(20)12-6-5-9-23-12)13(19)18-11(15(21)22)7-8-16(2,3)4/h5-6,9-11H,7-8H2,1-4H3,(H,17,20)(H,18,19)(H,21,22). The maximum absolute atomic E-state index is 12.1. The number of furan rings is 1. The van der Waals surface area contributed by atoms with Gasteiger partial charge in [0.15, 0.2) is 5.76 Å². The minimum atomic E-state index is -1.09. The fourth-order valence-electron chi connectivity index (χ4n) is 1.87. The summed E-state index contributed by atoms with van der Waals surface area (Å²) in [6.07, 6.45) is 2.33. The molecule has 1 aromatic heterocycles. The van der Waals surface area contributed by atoms with E-state index in [1.807, 2.05) is 20.8 Å². The van der Waals surface area contributed by atoms with Crippen LogP contribution in [-0.4, -0.2) is 35.0 Å². The topological polar surface area (TPSA) is 109 Å². The first-order valence-electron chi connectivity index (χ1n) is 7.47. The van der Waals surface area contributed by atoms with Gasteiger partial charge in [0, 0.05) is 0 Å². The van der Waals surface area contributed by atoms with E-state index in [0.29, 0.717) is 12.8 Å². The van der Waals surface area contributed by atoms with Crippen LogP contribution in [-0.2, 0) is 9.59 Å². The van der Waals surface area contributed by atoms with Crippen molar-refractivity contribution in [1.29, 1.82) is 0 Å². The van der Waals surface area contributed by atoms with E-state index < -0.39 is 29.9 Å². The van der Waals surface area contributed by atoms with E-state index in [2.05, 4.69) is 10.6 Å². The fourth-order valence-corrected chi connectivity index (χ4v) is 1.87. The first-order valence-corrected chi connectivity index (χ1v) is 7.47. The Balaban J connectivity index is 2.56. The lowest BCUT2D eigenvalue weighted by Crippen LogP contribution is -2.50. The van der Waals surface area contributed by atoms with Gasteiger partial charge in [0.25, 0.3) is 5.91 Å². The minimum absolute atomic E-state index is 0.0302. The van der Waals surface area contributed by atoms with Gasteiger partial charge in [-0.15, -0.1) is 0 Å². The first kappa shape index (κ1) is 18.7. The summed E-state index contributed by atoms with van der Waals surface area (Å²) in [5.41, 5.74) is -0.0302. The Hall–Kier alpha value is -2.31. The van der Waals surface area contributed by atoms with Gasteiger partial charge in [0.2, 0.25) is 5.91 Å². The molecule has 23 heavy (non-hydrogen) atoms. The molecule has 0 aliphatic carbocycles. The molecule has 2 unspecified atom stereocenters. The zero-order valence-electron chi connectivity index (χ0n) is 13.9. The minimum Gasteiger partial charge on any atom is -0.480 e. The van der Waals surface area contributed by atoms with Gasteiger partial charge in [0.05, 0.1) is 6.26 Å². The third kappa shape index (κ3) is 6.54. The summed E-state index contributed by atoms with van der Waals surface area (Å²) in [5.74, 6) is -2.08. The number of carboxylic acids is 1. The van der Waals surface area contributed by atoms with Crippen molar-refractivity contribution in [2.24, 2.45) is 5.41 Å². The van der Waals surface area contributed by atoms with Crippen LogP contribution < -0.4 is 10.6 Å². The van der Waals surface area contributed by atoms with Gasteiger partial charge in [-0.2, -0.15) is 0 Å². The van der Waals surface area contributed by atoms with Gasteiger partial charge in [-0.25, -0.2) is 4.79 Å². The van der Waals surface area contributed by atoms with Crippen LogP contribution in [0.4, 0.5) is 0 Å². The van der Waals surface area contributed by atoms with E-state index in [-0.39, 0.29) is 11.2 Å². The van der Waals surface area contributed by atoms with Gasteiger partial charge in [-0.1, -0.05) is 20.8 Å². The highest BCUT2D eigenvalue weighted by Gasteiger charge is 2.26. The van der Waals surface area contributed by atoms with Crippen molar-refractivity contribution < 1.29 is 23.9 Å². The first-order chi connectivity index (χ1) is 10.6. The number of hydrogen-bond donors (Lipinski definition) is 3. The van der Waals surface area contributed by atoms with Crippen molar-refractivity contribution >= 4 is 17.8 Å². The maximum Gasteiger partial charge on any atom is 0.326 e. The zero-order valence-corrected chi connectivity index (χ0v) is 13.9. The summed E-state index contributed by atoms with van der Waals surface area (Å²) in [4.78, 5) is 35.1. The highest BCUT2D eigenvalue weighted by molar-refractivity contribution is 5.96. The van der Waals surface area contributed by atoms with Gasteiger partial charge in [-0.05, 0) is 37.3 Å². The lowest BCUT2D eigenvalue weighted by Gasteiger charge is -2.23. The zero-order chi connectivity index (χ0) is 17.6. The highest BCUT2D eigenvalue weighted by Crippen LogP contribution is 2.21. The van der Waals surface area contributed by atoms with Gasteiger partial charge >= 0.3 is 5.97 Å². The third-order valence-corrected chi connectivity index (χ3v) is 3.28. The fraction of sp³-hybridized carbons (Fsp3) is 0.562. The van der Waals surface area contributed by atoms with Crippen molar-refractivity contribution in [1.82, 2.24) is 10.6 Å². The number of carboxylic acid groups (broad SMARTS) is 1. The number of aliphatic carboxylic acids is 1. The van der Waals surface area contributed by atoms with Gasteiger partial charge in [-0.3, -0.25) is 9.59 Å². The average molecular weight is 324 g/mol. The third-order valence-electron chi connectivity index (χ3n) is 3.28. The van der Waals surface area contributed by atoms with E-state index in [0.717, 1.165) is 0 Å². The van der Waals surface area contributed by atoms with Crippen molar-refractivity contribution in [2.45, 2.75) is 52.6 Å². The van der Waals surface area contributed by atoms with Gasteiger partial charge in [0.1, 0.15) is 12.1 Å².